The van der Waals surface area contributed by atoms with E-state index >= 15 is 0 Å². The number of carbonyl (C=O) groups excluding carboxylic acids is 3. The number of carbonyl (C=O) groups is 3. The van der Waals surface area contributed by atoms with E-state index in [0.717, 1.165) is 4.90 Å². The molecule has 0 saturated carbocycles. The molecule has 1 atom stereocenters. The Labute approximate surface area is 159 Å². The summed E-state index contributed by atoms with van der Waals surface area (Å²) in [6, 6.07) is 5.04. The number of fused-ring (bicyclic) bond motifs is 1. The van der Waals surface area contributed by atoms with Crippen molar-refractivity contribution in [3.05, 3.63) is 47.1 Å². The summed E-state index contributed by atoms with van der Waals surface area (Å²) in [7, 11) is 1.53. The molecule has 0 radical (unpaired) electrons. The summed E-state index contributed by atoms with van der Waals surface area (Å²) in [6.45, 7) is 0.527. The fourth-order valence-corrected chi connectivity index (χ4v) is 3.79. The minimum atomic E-state index is -0.565. The lowest BCUT2D eigenvalue weighted by atomic mass is 10.1. The van der Waals surface area contributed by atoms with Crippen LogP contribution in [0.25, 0.3) is 0 Å². The van der Waals surface area contributed by atoms with Crippen LogP contribution in [0.1, 0.15) is 5.56 Å². The van der Waals surface area contributed by atoms with Crippen LogP contribution in [0, 0.1) is 5.82 Å². The maximum absolute atomic E-state index is 13.1. The first-order chi connectivity index (χ1) is 13.0. The Kier molecular flexibility index (Phi) is 6.02. The molecule has 7 nitrogen and oxygen atoms in total. The van der Waals surface area contributed by atoms with Crippen LogP contribution >= 0.6 is 11.8 Å². The van der Waals surface area contributed by atoms with E-state index < -0.39 is 17.1 Å². The topological polar surface area (TPSA) is 78.7 Å². The second-order valence-corrected chi connectivity index (χ2v) is 7.02. The van der Waals surface area contributed by atoms with Crippen LogP contribution in [0.2, 0.25) is 0 Å². The molecule has 1 aromatic carbocycles. The third kappa shape index (κ3) is 4.25. The number of ether oxygens (including phenoxy) is 1. The van der Waals surface area contributed by atoms with Gasteiger partial charge in [-0.2, -0.15) is 14.3 Å². The molecule has 1 N–H and O–H groups in total. The van der Waals surface area contributed by atoms with E-state index in [1.165, 1.54) is 47.7 Å². The molecule has 2 aliphatic rings. The van der Waals surface area contributed by atoms with Gasteiger partial charge in [0.1, 0.15) is 18.1 Å². The third-order valence-electron chi connectivity index (χ3n) is 4.17. The van der Waals surface area contributed by atoms with Gasteiger partial charge in [0.2, 0.25) is 0 Å². The molecule has 0 aromatic heterocycles. The zero-order chi connectivity index (χ0) is 19.4. The normalized spacial score (nSPS) is 18.9. The zero-order valence-electron chi connectivity index (χ0n) is 14.7. The van der Waals surface area contributed by atoms with Crippen molar-refractivity contribution in [2.24, 2.45) is 0 Å². The van der Waals surface area contributed by atoms with Gasteiger partial charge in [0.25, 0.3) is 5.91 Å². The van der Waals surface area contributed by atoms with Crippen molar-refractivity contribution in [2.45, 2.75) is 11.8 Å². The molecule has 27 heavy (non-hydrogen) atoms. The van der Waals surface area contributed by atoms with Gasteiger partial charge in [-0.15, -0.1) is 11.8 Å². The predicted molar refractivity (Wildman–Crippen MR) is 97.9 cm³/mol. The summed E-state index contributed by atoms with van der Waals surface area (Å²) in [5.74, 6) is -1.08. The summed E-state index contributed by atoms with van der Waals surface area (Å²) < 4.78 is 19.3. The summed E-state index contributed by atoms with van der Waals surface area (Å²) in [5, 5.41) is 3.84. The zero-order valence-corrected chi connectivity index (χ0v) is 15.5. The van der Waals surface area contributed by atoms with E-state index in [-0.39, 0.29) is 24.9 Å². The van der Waals surface area contributed by atoms with Gasteiger partial charge in [-0.3, -0.25) is 4.79 Å². The van der Waals surface area contributed by atoms with Gasteiger partial charge in [0.05, 0.1) is 6.61 Å². The number of benzene rings is 1. The fraction of sp³-hybridized carbons (Fsp3) is 0.333. The van der Waals surface area contributed by atoms with Gasteiger partial charge < -0.3 is 10.1 Å². The first kappa shape index (κ1) is 19.2. The van der Waals surface area contributed by atoms with Gasteiger partial charge in [-0.05, 0) is 29.2 Å². The van der Waals surface area contributed by atoms with E-state index in [4.69, 9.17) is 4.74 Å². The number of methoxy groups -OCH3 is 1. The first-order valence-electron chi connectivity index (χ1n) is 8.33. The smallest absolute Gasteiger partial charge is 0.383 e. The van der Waals surface area contributed by atoms with Crippen molar-refractivity contribution in [1.29, 1.82) is 0 Å². The number of urea groups is 1. The Morgan fingerprint density at radius 1 is 1.33 bits per heavy atom. The Balaban J connectivity index is 1.80. The molecular formula is C18H19FN3O4S+. The Morgan fingerprint density at radius 2 is 2.07 bits per heavy atom. The van der Waals surface area contributed by atoms with Crippen molar-refractivity contribution in [2.75, 3.05) is 26.8 Å². The molecule has 3 rings (SSSR count). The Morgan fingerprint density at radius 3 is 2.78 bits per heavy atom. The Hall–Kier alpha value is -2.52. The highest BCUT2D eigenvalue weighted by Gasteiger charge is 2.49. The molecule has 1 unspecified atom stereocenters. The molecule has 2 heterocycles. The molecule has 0 fully saturated rings. The maximum atomic E-state index is 13.1. The van der Waals surface area contributed by atoms with E-state index in [0.29, 0.717) is 24.4 Å². The number of nitrogens with one attached hydrogen (secondary N) is 1. The summed E-state index contributed by atoms with van der Waals surface area (Å²) >= 11 is 1.29. The molecule has 1 aromatic rings. The molecule has 0 saturated heterocycles. The quantitative estimate of drug-likeness (QED) is 0.556. The highest BCUT2D eigenvalue weighted by Crippen LogP contribution is 2.28. The van der Waals surface area contributed by atoms with E-state index in [1.54, 1.807) is 11.5 Å². The monoisotopic (exact) mass is 392 g/mol. The van der Waals surface area contributed by atoms with E-state index in [1.807, 2.05) is 0 Å². The van der Waals surface area contributed by atoms with Gasteiger partial charge in [-0.25, -0.2) is 9.18 Å². The largest absolute Gasteiger partial charge is 0.501 e. The summed E-state index contributed by atoms with van der Waals surface area (Å²) in [6.07, 6.45) is 1.68. The number of imide groups is 1. The number of rotatable bonds is 7. The number of nitrogens with zero attached hydrogens (tertiary/aromatic N) is 2. The number of hydrogen-bond acceptors (Lipinski definition) is 5. The molecule has 0 bridgehead atoms. The van der Waals surface area contributed by atoms with Crippen LogP contribution in [-0.4, -0.2) is 65.1 Å². The lowest BCUT2D eigenvalue weighted by Gasteiger charge is -2.24. The van der Waals surface area contributed by atoms with Crippen molar-refractivity contribution >= 4 is 35.3 Å². The molecule has 4 amide bonds. The van der Waals surface area contributed by atoms with E-state index in [2.05, 4.69) is 5.32 Å². The van der Waals surface area contributed by atoms with Crippen LogP contribution in [0.15, 0.2) is 35.7 Å². The number of amides is 4. The lowest BCUT2D eigenvalue weighted by Crippen LogP contribution is -2.56. The average Bonchev–Trinajstić information content (AvgIpc) is 3.14. The standard InChI is InChI=1S/C18H18FN3O4S/c1-26-8-7-20-15(23)11-21-14-6-9-27-16(14)17(24)22(18(21)25)10-12-2-4-13(19)5-3-12/h2-6,9,16H,7-8,10-11H2,1H3/p+1. The van der Waals surface area contributed by atoms with Crippen LogP contribution in [0.3, 0.4) is 0 Å². The molecule has 142 valence electrons. The minimum Gasteiger partial charge on any atom is -0.383 e. The Bertz CT molecular complexity index is 822. The molecule has 0 spiro atoms. The second-order valence-electron chi connectivity index (χ2n) is 6.01. The number of hydrogen-bond donors (Lipinski definition) is 1. The van der Waals surface area contributed by atoms with Crippen LogP contribution in [0.5, 0.6) is 0 Å². The van der Waals surface area contributed by atoms with Gasteiger partial charge in [-0.1, -0.05) is 12.1 Å². The van der Waals surface area contributed by atoms with Gasteiger partial charge >= 0.3 is 11.9 Å². The lowest BCUT2D eigenvalue weighted by molar-refractivity contribution is -0.427. The summed E-state index contributed by atoms with van der Waals surface area (Å²) in [5.41, 5.74) is 1.13. The van der Waals surface area contributed by atoms with Gasteiger partial charge in [0, 0.05) is 13.7 Å². The third-order valence-corrected chi connectivity index (χ3v) is 5.18. The first-order valence-corrected chi connectivity index (χ1v) is 9.27. The second kappa shape index (κ2) is 8.45. The molecule has 0 aliphatic carbocycles. The average molecular weight is 392 g/mol. The number of halogens is 1. The van der Waals surface area contributed by atoms with Crippen molar-refractivity contribution < 1.29 is 28.1 Å². The SMILES string of the molecule is COCCNC(=O)C[N+]1=C2C=CSC2C(=O)N(Cc2ccc(F)cc2)C1=O. The highest BCUT2D eigenvalue weighted by molar-refractivity contribution is 8.04. The maximum Gasteiger partial charge on any atom is 0.501 e. The minimum absolute atomic E-state index is 0.0179. The molecule has 2 aliphatic heterocycles. The van der Waals surface area contributed by atoms with Crippen LogP contribution < -0.4 is 5.32 Å². The van der Waals surface area contributed by atoms with Gasteiger partial charge in [0.15, 0.2) is 11.8 Å². The van der Waals surface area contributed by atoms with Crippen LogP contribution in [-0.2, 0) is 20.9 Å². The predicted octanol–water partition coefficient (Wildman–Crippen LogP) is 1.13. The van der Waals surface area contributed by atoms with Crippen molar-refractivity contribution in [3.8, 4) is 0 Å². The molecular weight excluding hydrogens is 373 g/mol. The summed E-state index contributed by atoms with van der Waals surface area (Å²) in [4.78, 5) is 38.9. The van der Waals surface area contributed by atoms with Crippen molar-refractivity contribution in [3.63, 3.8) is 0 Å². The number of thioether (sulfide) groups is 1. The molecule has 9 heteroatoms. The van der Waals surface area contributed by atoms with Crippen LogP contribution in [0.4, 0.5) is 9.18 Å². The number of allylic oxidation sites excluding steroid dienone is 1. The fourth-order valence-electron chi connectivity index (χ4n) is 2.82. The highest BCUT2D eigenvalue weighted by atomic mass is 32.2. The van der Waals surface area contributed by atoms with Crippen molar-refractivity contribution in [1.82, 2.24) is 10.2 Å². The van der Waals surface area contributed by atoms with E-state index in [9.17, 15) is 18.8 Å².